The number of hydrogen-bond donors (Lipinski definition) is 1. The minimum absolute atomic E-state index is 0.0598. The van der Waals surface area contributed by atoms with Gasteiger partial charge in [-0.3, -0.25) is 0 Å². The van der Waals surface area contributed by atoms with Crippen molar-refractivity contribution in [3.05, 3.63) is 28.2 Å². The highest BCUT2D eigenvalue weighted by Crippen LogP contribution is 2.44. The highest BCUT2D eigenvalue weighted by molar-refractivity contribution is 9.10. The van der Waals surface area contributed by atoms with Crippen molar-refractivity contribution in [2.24, 2.45) is 5.73 Å². The molecule has 0 aliphatic carbocycles. The van der Waals surface area contributed by atoms with Crippen LogP contribution in [0.1, 0.15) is 50.6 Å². The molecule has 2 N–H and O–H groups in total. The number of halogens is 1. The maximum absolute atomic E-state index is 6.48. The van der Waals surface area contributed by atoms with Crippen molar-refractivity contribution in [2.75, 3.05) is 19.6 Å². The highest BCUT2D eigenvalue weighted by atomic mass is 79.9. The largest absolute Gasteiger partial charge is 0.487 e. The third-order valence-corrected chi connectivity index (χ3v) is 5.32. The molecule has 1 saturated heterocycles. The SMILES string of the molecule is CCCN1CCCC2(CC1)CC(N)c1ccc(Br)cc1O2. The lowest BCUT2D eigenvalue weighted by molar-refractivity contribution is 0.0217. The summed E-state index contributed by atoms with van der Waals surface area (Å²) in [5, 5.41) is 0. The quantitative estimate of drug-likeness (QED) is 0.877. The van der Waals surface area contributed by atoms with Crippen molar-refractivity contribution in [2.45, 2.75) is 50.7 Å². The van der Waals surface area contributed by atoms with Crippen molar-refractivity contribution in [3.63, 3.8) is 0 Å². The molecule has 3 nitrogen and oxygen atoms in total. The van der Waals surface area contributed by atoms with Gasteiger partial charge in [0, 0.05) is 29.0 Å². The van der Waals surface area contributed by atoms with Gasteiger partial charge in [-0.25, -0.2) is 0 Å². The molecule has 4 heteroatoms. The van der Waals surface area contributed by atoms with Gasteiger partial charge in [-0.2, -0.15) is 0 Å². The number of likely N-dealkylation sites (tertiary alicyclic amines) is 1. The molecule has 2 atom stereocenters. The van der Waals surface area contributed by atoms with Gasteiger partial charge in [0.25, 0.3) is 0 Å². The first-order chi connectivity index (χ1) is 10.1. The van der Waals surface area contributed by atoms with Gasteiger partial charge in [0.15, 0.2) is 0 Å². The molecule has 1 spiro atoms. The average molecular weight is 353 g/mol. The summed E-state index contributed by atoms with van der Waals surface area (Å²) in [5.41, 5.74) is 7.53. The molecule has 116 valence electrons. The fourth-order valence-electron chi connectivity index (χ4n) is 3.76. The first-order valence-electron chi connectivity index (χ1n) is 8.08. The Hall–Kier alpha value is -0.580. The second-order valence-electron chi connectivity index (χ2n) is 6.47. The summed E-state index contributed by atoms with van der Waals surface area (Å²) in [6.07, 6.45) is 5.58. The molecular weight excluding hydrogens is 328 g/mol. The van der Waals surface area contributed by atoms with Crippen molar-refractivity contribution >= 4 is 15.9 Å². The first-order valence-corrected chi connectivity index (χ1v) is 8.87. The summed E-state index contributed by atoms with van der Waals surface area (Å²) in [5.74, 6) is 0.979. The van der Waals surface area contributed by atoms with Crippen LogP contribution in [-0.2, 0) is 0 Å². The zero-order valence-corrected chi connectivity index (χ0v) is 14.4. The third kappa shape index (κ3) is 3.27. The fourth-order valence-corrected chi connectivity index (χ4v) is 4.10. The Morgan fingerprint density at radius 1 is 1.38 bits per heavy atom. The van der Waals surface area contributed by atoms with E-state index in [-0.39, 0.29) is 11.6 Å². The summed E-state index contributed by atoms with van der Waals surface area (Å²) < 4.78 is 7.54. The molecule has 0 amide bonds. The van der Waals surface area contributed by atoms with Gasteiger partial charge in [-0.1, -0.05) is 28.9 Å². The monoisotopic (exact) mass is 352 g/mol. The number of nitrogens with zero attached hydrogens (tertiary/aromatic N) is 1. The van der Waals surface area contributed by atoms with E-state index in [0.29, 0.717) is 0 Å². The predicted molar refractivity (Wildman–Crippen MR) is 89.6 cm³/mol. The normalized spacial score (nSPS) is 29.8. The van der Waals surface area contributed by atoms with E-state index in [1.807, 2.05) is 0 Å². The van der Waals surface area contributed by atoms with Crippen LogP contribution in [0, 0.1) is 0 Å². The molecule has 0 radical (unpaired) electrons. The Bertz CT molecular complexity index is 508. The van der Waals surface area contributed by atoms with Crippen LogP contribution in [0.5, 0.6) is 5.75 Å². The fraction of sp³-hybridized carbons (Fsp3) is 0.647. The molecule has 0 aromatic heterocycles. The molecule has 1 aromatic rings. The topological polar surface area (TPSA) is 38.5 Å². The second kappa shape index (κ2) is 6.27. The third-order valence-electron chi connectivity index (χ3n) is 4.82. The van der Waals surface area contributed by atoms with Crippen molar-refractivity contribution in [1.82, 2.24) is 4.90 Å². The smallest absolute Gasteiger partial charge is 0.126 e. The van der Waals surface area contributed by atoms with E-state index in [1.54, 1.807) is 0 Å². The highest BCUT2D eigenvalue weighted by Gasteiger charge is 2.40. The van der Waals surface area contributed by atoms with Gasteiger partial charge in [0.2, 0.25) is 0 Å². The Morgan fingerprint density at radius 2 is 2.24 bits per heavy atom. The standard InChI is InChI=1S/C17H25BrN2O/c1-2-8-20-9-3-6-17(7-10-20)12-15(19)14-5-4-13(18)11-16(14)21-17/h4-5,11,15H,2-3,6-10,12,19H2,1H3. The van der Waals surface area contributed by atoms with Crippen LogP contribution in [0.3, 0.4) is 0 Å². The minimum atomic E-state index is -0.0598. The molecule has 2 aliphatic rings. The Balaban J connectivity index is 1.80. The van der Waals surface area contributed by atoms with Crippen LogP contribution >= 0.6 is 15.9 Å². The maximum atomic E-state index is 6.48. The molecule has 21 heavy (non-hydrogen) atoms. The van der Waals surface area contributed by atoms with E-state index in [1.165, 1.54) is 25.9 Å². The van der Waals surface area contributed by atoms with Gasteiger partial charge in [0.1, 0.15) is 11.4 Å². The predicted octanol–water partition coefficient (Wildman–Crippen LogP) is 3.87. The summed E-state index contributed by atoms with van der Waals surface area (Å²) in [7, 11) is 0. The van der Waals surface area contributed by atoms with Crippen LogP contribution in [0.15, 0.2) is 22.7 Å². The zero-order valence-electron chi connectivity index (χ0n) is 12.8. The molecule has 2 unspecified atom stereocenters. The van der Waals surface area contributed by atoms with Crippen LogP contribution in [-0.4, -0.2) is 30.1 Å². The van der Waals surface area contributed by atoms with E-state index in [2.05, 4.69) is 46.0 Å². The number of rotatable bonds is 2. The molecule has 3 rings (SSSR count). The van der Waals surface area contributed by atoms with Crippen molar-refractivity contribution < 1.29 is 4.74 Å². The van der Waals surface area contributed by atoms with Crippen molar-refractivity contribution in [1.29, 1.82) is 0 Å². The lowest BCUT2D eigenvalue weighted by Crippen LogP contribution is -2.43. The zero-order chi connectivity index (χ0) is 14.9. The van der Waals surface area contributed by atoms with E-state index < -0.39 is 0 Å². The van der Waals surface area contributed by atoms with E-state index in [0.717, 1.165) is 41.6 Å². The molecule has 1 fully saturated rings. The second-order valence-corrected chi connectivity index (χ2v) is 7.39. The number of hydrogen-bond acceptors (Lipinski definition) is 3. The van der Waals surface area contributed by atoms with Gasteiger partial charge < -0.3 is 15.4 Å². The lowest BCUT2D eigenvalue weighted by Gasteiger charge is -2.41. The van der Waals surface area contributed by atoms with E-state index >= 15 is 0 Å². The van der Waals surface area contributed by atoms with Crippen molar-refractivity contribution in [3.8, 4) is 5.75 Å². The summed E-state index contributed by atoms with van der Waals surface area (Å²) >= 11 is 3.54. The van der Waals surface area contributed by atoms with Crippen LogP contribution in [0.2, 0.25) is 0 Å². The van der Waals surface area contributed by atoms with Gasteiger partial charge in [-0.15, -0.1) is 0 Å². The molecule has 0 saturated carbocycles. The van der Waals surface area contributed by atoms with Gasteiger partial charge in [-0.05, 0) is 50.9 Å². The number of fused-ring (bicyclic) bond motifs is 1. The van der Waals surface area contributed by atoms with Crippen LogP contribution in [0.25, 0.3) is 0 Å². The van der Waals surface area contributed by atoms with Gasteiger partial charge in [0.05, 0.1) is 0 Å². The first kappa shape index (κ1) is 15.3. The molecule has 0 bridgehead atoms. The maximum Gasteiger partial charge on any atom is 0.126 e. The molecule has 1 aromatic carbocycles. The number of nitrogens with two attached hydrogens (primary N) is 1. The molecule has 2 aliphatic heterocycles. The van der Waals surface area contributed by atoms with Gasteiger partial charge >= 0.3 is 0 Å². The molecule has 2 heterocycles. The Morgan fingerprint density at radius 3 is 3.05 bits per heavy atom. The molecular formula is C17H25BrN2O. The minimum Gasteiger partial charge on any atom is -0.487 e. The number of ether oxygens (including phenoxy) is 1. The Kier molecular flexibility index (Phi) is 4.57. The Labute approximate surface area is 136 Å². The summed E-state index contributed by atoms with van der Waals surface area (Å²) in [6.45, 7) is 5.77. The summed E-state index contributed by atoms with van der Waals surface area (Å²) in [6, 6.07) is 6.32. The van der Waals surface area contributed by atoms with Crippen LogP contribution < -0.4 is 10.5 Å². The summed E-state index contributed by atoms with van der Waals surface area (Å²) in [4.78, 5) is 2.57. The van der Waals surface area contributed by atoms with E-state index in [9.17, 15) is 0 Å². The van der Waals surface area contributed by atoms with Crippen LogP contribution in [0.4, 0.5) is 0 Å². The van der Waals surface area contributed by atoms with E-state index in [4.69, 9.17) is 10.5 Å². The average Bonchev–Trinajstić information content (AvgIpc) is 2.62. The lowest BCUT2D eigenvalue weighted by atomic mass is 9.82. The number of benzene rings is 1.